The average Bonchev–Trinajstić information content (AvgIpc) is 2.70. The van der Waals surface area contributed by atoms with Crippen molar-refractivity contribution in [2.45, 2.75) is 25.2 Å². The van der Waals surface area contributed by atoms with Crippen molar-refractivity contribution in [3.8, 4) is 0 Å². The number of nitrogens with zero attached hydrogens (tertiary/aromatic N) is 2. The van der Waals surface area contributed by atoms with Gasteiger partial charge in [0.25, 0.3) is 0 Å². The third kappa shape index (κ3) is 1.97. The zero-order valence-electron chi connectivity index (χ0n) is 11.3. The van der Waals surface area contributed by atoms with Crippen LogP contribution >= 0.6 is 28.1 Å². The Morgan fingerprint density at radius 1 is 1.50 bits per heavy atom. The maximum atomic E-state index is 13.5. The molecule has 1 heterocycles. The van der Waals surface area contributed by atoms with Crippen molar-refractivity contribution in [1.82, 2.24) is 14.8 Å². The van der Waals surface area contributed by atoms with Crippen molar-refractivity contribution < 1.29 is 4.39 Å². The lowest BCUT2D eigenvalue weighted by Crippen LogP contribution is -2.43. The Kier molecular flexibility index (Phi) is 3.33. The summed E-state index contributed by atoms with van der Waals surface area (Å²) in [6, 6.07) is 5.22. The first-order valence-electron chi connectivity index (χ1n) is 6.51. The second kappa shape index (κ2) is 4.77. The highest BCUT2D eigenvalue weighted by Gasteiger charge is 2.48. The van der Waals surface area contributed by atoms with Crippen LogP contribution in [0.2, 0.25) is 0 Å². The number of rotatable bonds is 2. The molecule has 0 saturated heterocycles. The first-order chi connectivity index (χ1) is 9.44. The minimum Gasteiger partial charge on any atom is -0.307 e. The number of aromatic nitrogens is 3. The van der Waals surface area contributed by atoms with Crippen LogP contribution in [0, 0.1) is 16.5 Å². The van der Waals surface area contributed by atoms with E-state index in [1.807, 2.05) is 23.7 Å². The van der Waals surface area contributed by atoms with E-state index in [9.17, 15) is 4.39 Å². The molecule has 3 nitrogen and oxygen atoms in total. The molecular formula is C14H15BrFN3S. The van der Waals surface area contributed by atoms with E-state index < -0.39 is 0 Å². The molecule has 1 aromatic heterocycles. The predicted octanol–water partition coefficient (Wildman–Crippen LogP) is 4.10. The summed E-state index contributed by atoms with van der Waals surface area (Å²) in [5.74, 6) is 1.31. The van der Waals surface area contributed by atoms with Crippen LogP contribution < -0.4 is 0 Å². The summed E-state index contributed by atoms with van der Waals surface area (Å²) in [6.07, 6.45) is 2.00. The van der Waals surface area contributed by atoms with Crippen LogP contribution in [0.15, 0.2) is 22.7 Å². The van der Waals surface area contributed by atoms with E-state index in [0.717, 1.165) is 24.2 Å². The van der Waals surface area contributed by atoms with E-state index in [-0.39, 0.29) is 11.2 Å². The van der Waals surface area contributed by atoms with E-state index in [4.69, 9.17) is 12.2 Å². The summed E-state index contributed by atoms with van der Waals surface area (Å²) in [5, 5.41) is 7.26. The van der Waals surface area contributed by atoms with E-state index in [1.54, 1.807) is 0 Å². The molecule has 0 spiro atoms. The van der Waals surface area contributed by atoms with Gasteiger partial charge >= 0.3 is 0 Å². The first-order valence-corrected chi connectivity index (χ1v) is 7.71. The van der Waals surface area contributed by atoms with Gasteiger partial charge in [-0.2, -0.15) is 5.10 Å². The van der Waals surface area contributed by atoms with Gasteiger partial charge in [-0.05, 0) is 64.6 Å². The number of aromatic amines is 1. The smallest absolute Gasteiger partial charge is 0.194 e. The van der Waals surface area contributed by atoms with Crippen molar-refractivity contribution in [1.29, 1.82) is 0 Å². The van der Waals surface area contributed by atoms with E-state index in [0.29, 0.717) is 15.2 Å². The van der Waals surface area contributed by atoms with Gasteiger partial charge in [0.15, 0.2) is 4.77 Å². The Hall–Kier alpha value is -1.01. The molecule has 1 saturated carbocycles. The summed E-state index contributed by atoms with van der Waals surface area (Å²) >= 11 is 8.49. The van der Waals surface area contributed by atoms with Gasteiger partial charge in [0.05, 0.1) is 9.89 Å². The summed E-state index contributed by atoms with van der Waals surface area (Å²) in [4.78, 5) is 0. The van der Waals surface area contributed by atoms with Crippen molar-refractivity contribution >= 4 is 28.1 Å². The quantitative estimate of drug-likeness (QED) is 0.822. The van der Waals surface area contributed by atoms with Gasteiger partial charge in [0.2, 0.25) is 0 Å². The van der Waals surface area contributed by atoms with Crippen LogP contribution in [0.1, 0.15) is 31.2 Å². The molecule has 1 aliphatic carbocycles. The van der Waals surface area contributed by atoms with Gasteiger partial charge in [-0.1, -0.05) is 13.0 Å². The highest BCUT2D eigenvalue weighted by molar-refractivity contribution is 9.10. The van der Waals surface area contributed by atoms with Gasteiger partial charge in [0.1, 0.15) is 11.6 Å². The molecule has 1 N–H and O–H groups in total. The van der Waals surface area contributed by atoms with Crippen molar-refractivity contribution in [3.05, 3.63) is 44.6 Å². The number of H-pyrrole nitrogens is 1. The van der Waals surface area contributed by atoms with E-state index in [1.165, 1.54) is 6.07 Å². The Bertz CT molecular complexity index is 715. The van der Waals surface area contributed by atoms with Gasteiger partial charge in [-0.3, -0.25) is 5.10 Å². The zero-order chi connectivity index (χ0) is 14.5. The molecule has 2 aromatic rings. The number of hydrogen-bond donors (Lipinski definition) is 1. The molecule has 1 aliphatic rings. The highest BCUT2D eigenvalue weighted by Crippen LogP contribution is 2.51. The third-order valence-electron chi connectivity index (χ3n) is 4.17. The molecule has 1 fully saturated rings. The van der Waals surface area contributed by atoms with Crippen LogP contribution in [0.3, 0.4) is 0 Å². The highest BCUT2D eigenvalue weighted by atomic mass is 79.9. The topological polar surface area (TPSA) is 33.6 Å². The number of nitrogens with one attached hydrogen (secondary N) is 1. The monoisotopic (exact) mass is 355 g/mol. The molecule has 0 radical (unpaired) electrons. The number of hydrogen-bond acceptors (Lipinski definition) is 2. The molecule has 3 rings (SSSR count). The van der Waals surface area contributed by atoms with Crippen molar-refractivity contribution in [2.24, 2.45) is 13.0 Å². The minimum absolute atomic E-state index is 0.169. The largest absolute Gasteiger partial charge is 0.307 e. The second-order valence-corrected chi connectivity index (χ2v) is 6.88. The molecule has 0 atom stereocenters. The maximum absolute atomic E-state index is 13.5. The molecule has 0 unspecified atom stereocenters. The molecule has 6 heteroatoms. The summed E-state index contributed by atoms with van der Waals surface area (Å²) < 4.78 is 16.5. The van der Waals surface area contributed by atoms with E-state index in [2.05, 4.69) is 33.1 Å². The zero-order valence-corrected chi connectivity index (χ0v) is 13.7. The Morgan fingerprint density at radius 2 is 2.20 bits per heavy atom. The van der Waals surface area contributed by atoms with Crippen LogP contribution in [-0.2, 0) is 12.5 Å². The maximum Gasteiger partial charge on any atom is 0.194 e. The fraction of sp³-hybridized carbons (Fsp3) is 0.429. The Morgan fingerprint density at radius 3 is 2.70 bits per heavy atom. The number of benzene rings is 1. The van der Waals surface area contributed by atoms with Gasteiger partial charge < -0.3 is 4.57 Å². The van der Waals surface area contributed by atoms with Crippen LogP contribution in [0.4, 0.5) is 4.39 Å². The minimum atomic E-state index is -0.244. The molecule has 0 aliphatic heterocycles. The Labute approximate surface area is 130 Å². The van der Waals surface area contributed by atoms with Gasteiger partial charge in [-0.25, -0.2) is 4.39 Å². The lowest BCUT2D eigenvalue weighted by molar-refractivity contribution is 0.185. The van der Waals surface area contributed by atoms with Crippen LogP contribution in [-0.4, -0.2) is 14.8 Å². The first kappa shape index (κ1) is 13.9. The molecular weight excluding hydrogens is 341 g/mol. The third-order valence-corrected chi connectivity index (χ3v) is 5.15. The molecule has 106 valence electrons. The van der Waals surface area contributed by atoms with Gasteiger partial charge in [0, 0.05) is 7.05 Å². The van der Waals surface area contributed by atoms with Gasteiger partial charge in [-0.15, -0.1) is 0 Å². The fourth-order valence-corrected chi connectivity index (χ4v) is 3.76. The van der Waals surface area contributed by atoms with Crippen molar-refractivity contribution in [3.63, 3.8) is 0 Å². The lowest BCUT2D eigenvalue weighted by Gasteiger charge is -2.46. The standard InChI is InChI=1S/C14H15BrFN3S/c1-8-6-14(7-8,12-17-18-13(20)19(12)2)9-3-4-11(16)10(15)5-9/h3-5,8H,6-7H2,1-2H3,(H,18,20). The second-order valence-electron chi connectivity index (χ2n) is 5.64. The Balaban J connectivity index is 2.15. The SMILES string of the molecule is CC1CC(c2ccc(F)c(Br)c2)(c2n[nH]c(=S)n2C)C1. The van der Waals surface area contributed by atoms with E-state index >= 15 is 0 Å². The fourth-order valence-electron chi connectivity index (χ4n) is 3.25. The van der Waals surface area contributed by atoms with Crippen molar-refractivity contribution in [2.75, 3.05) is 0 Å². The molecule has 0 amide bonds. The molecule has 20 heavy (non-hydrogen) atoms. The van der Waals surface area contributed by atoms with Crippen LogP contribution in [0.5, 0.6) is 0 Å². The molecule has 0 bridgehead atoms. The predicted molar refractivity (Wildman–Crippen MR) is 81.7 cm³/mol. The lowest BCUT2D eigenvalue weighted by atomic mass is 9.58. The van der Waals surface area contributed by atoms with Crippen LogP contribution in [0.25, 0.3) is 0 Å². The molecule has 1 aromatic carbocycles. The normalized spacial score (nSPS) is 25.5. The summed E-state index contributed by atoms with van der Waals surface area (Å²) in [5.41, 5.74) is 0.916. The number of halogens is 2. The summed E-state index contributed by atoms with van der Waals surface area (Å²) in [6.45, 7) is 2.22. The summed E-state index contributed by atoms with van der Waals surface area (Å²) in [7, 11) is 1.92. The average molecular weight is 356 g/mol.